The summed E-state index contributed by atoms with van der Waals surface area (Å²) in [6, 6.07) is -0.0333. The van der Waals surface area contributed by atoms with Crippen molar-refractivity contribution < 1.29 is 9.90 Å². The van der Waals surface area contributed by atoms with Gasteiger partial charge in [0.1, 0.15) is 0 Å². The van der Waals surface area contributed by atoms with Gasteiger partial charge in [-0.25, -0.2) is 0 Å². The van der Waals surface area contributed by atoms with Crippen molar-refractivity contribution in [3.8, 4) is 0 Å². The Bertz CT molecular complexity index is 185. The number of aliphatic hydroxyl groups is 1. The first-order valence-corrected chi connectivity index (χ1v) is 5.41. The summed E-state index contributed by atoms with van der Waals surface area (Å²) in [5.74, 6) is 0.0152. The molecule has 82 valence electrons. The molecule has 2 unspecified atom stereocenters. The summed E-state index contributed by atoms with van der Waals surface area (Å²) in [7, 11) is 0. The summed E-state index contributed by atoms with van der Waals surface area (Å²) < 4.78 is 0. The minimum atomic E-state index is -0.356. The van der Waals surface area contributed by atoms with Crippen molar-refractivity contribution in [2.75, 3.05) is 6.54 Å². The van der Waals surface area contributed by atoms with Crippen LogP contribution in [-0.4, -0.2) is 29.7 Å². The number of amides is 1. The molecule has 0 aromatic heterocycles. The van der Waals surface area contributed by atoms with E-state index in [0.29, 0.717) is 19.4 Å². The maximum atomic E-state index is 11.3. The lowest BCUT2D eigenvalue weighted by molar-refractivity contribution is -0.123. The van der Waals surface area contributed by atoms with E-state index in [1.54, 1.807) is 0 Å². The first-order chi connectivity index (χ1) is 6.74. The Hall–Kier alpha value is -0.610. The molecular weight excluding hydrogens is 180 g/mol. The van der Waals surface area contributed by atoms with Crippen molar-refractivity contribution in [3.05, 3.63) is 0 Å². The molecule has 2 atom stereocenters. The Morgan fingerprint density at radius 2 is 2.14 bits per heavy atom. The van der Waals surface area contributed by atoms with Crippen molar-refractivity contribution in [2.24, 2.45) is 5.73 Å². The SMILES string of the molecule is NCCCC(=O)NC1CCCCC1O. The van der Waals surface area contributed by atoms with Gasteiger partial charge in [0.05, 0.1) is 12.1 Å². The van der Waals surface area contributed by atoms with Crippen molar-refractivity contribution in [3.63, 3.8) is 0 Å². The predicted molar refractivity (Wildman–Crippen MR) is 54.7 cm³/mol. The molecule has 0 aromatic carbocycles. The number of rotatable bonds is 4. The summed E-state index contributed by atoms with van der Waals surface area (Å²) in [4.78, 5) is 11.3. The van der Waals surface area contributed by atoms with Crippen LogP contribution in [0.25, 0.3) is 0 Å². The molecule has 0 bridgehead atoms. The Balaban J connectivity index is 2.23. The molecule has 1 rings (SSSR count). The lowest BCUT2D eigenvalue weighted by atomic mass is 9.92. The van der Waals surface area contributed by atoms with E-state index in [1.165, 1.54) is 0 Å². The molecule has 4 heteroatoms. The number of hydrogen-bond donors (Lipinski definition) is 3. The Kier molecular flexibility index (Phi) is 4.90. The average Bonchev–Trinajstić information content (AvgIpc) is 2.18. The summed E-state index contributed by atoms with van der Waals surface area (Å²) in [6.45, 7) is 0.542. The first-order valence-electron chi connectivity index (χ1n) is 5.41. The van der Waals surface area contributed by atoms with Crippen LogP contribution in [0.5, 0.6) is 0 Å². The molecule has 1 amide bonds. The van der Waals surface area contributed by atoms with E-state index in [4.69, 9.17) is 5.73 Å². The second-order valence-electron chi connectivity index (χ2n) is 3.92. The highest BCUT2D eigenvalue weighted by Crippen LogP contribution is 2.18. The topological polar surface area (TPSA) is 75.4 Å². The summed E-state index contributed by atoms with van der Waals surface area (Å²) >= 11 is 0. The zero-order chi connectivity index (χ0) is 10.4. The highest BCUT2D eigenvalue weighted by atomic mass is 16.3. The van der Waals surface area contributed by atoms with E-state index in [0.717, 1.165) is 25.7 Å². The van der Waals surface area contributed by atoms with Crippen molar-refractivity contribution in [1.82, 2.24) is 5.32 Å². The van der Waals surface area contributed by atoms with Gasteiger partial charge in [-0.2, -0.15) is 0 Å². The van der Waals surface area contributed by atoms with Crippen LogP contribution in [0.2, 0.25) is 0 Å². The number of nitrogens with two attached hydrogens (primary N) is 1. The molecule has 0 saturated heterocycles. The van der Waals surface area contributed by atoms with E-state index in [9.17, 15) is 9.90 Å². The van der Waals surface area contributed by atoms with E-state index in [2.05, 4.69) is 5.32 Å². The van der Waals surface area contributed by atoms with Crippen LogP contribution in [-0.2, 0) is 4.79 Å². The van der Waals surface area contributed by atoms with Crippen molar-refractivity contribution in [2.45, 2.75) is 50.7 Å². The molecule has 14 heavy (non-hydrogen) atoms. The van der Waals surface area contributed by atoms with Crippen LogP contribution in [0, 0.1) is 0 Å². The zero-order valence-corrected chi connectivity index (χ0v) is 8.54. The van der Waals surface area contributed by atoms with Gasteiger partial charge in [-0.3, -0.25) is 4.79 Å². The normalized spacial score (nSPS) is 27.3. The first kappa shape index (κ1) is 11.5. The largest absolute Gasteiger partial charge is 0.391 e. The Morgan fingerprint density at radius 3 is 2.79 bits per heavy atom. The lowest BCUT2D eigenvalue weighted by Crippen LogP contribution is -2.45. The molecule has 1 saturated carbocycles. The van der Waals surface area contributed by atoms with Gasteiger partial charge >= 0.3 is 0 Å². The van der Waals surface area contributed by atoms with Crippen LogP contribution in [0.3, 0.4) is 0 Å². The fourth-order valence-electron chi connectivity index (χ4n) is 1.82. The molecule has 1 aliphatic carbocycles. The summed E-state index contributed by atoms with van der Waals surface area (Å²) in [6.07, 6.45) is 4.70. The van der Waals surface area contributed by atoms with E-state index in [-0.39, 0.29) is 18.1 Å². The van der Waals surface area contributed by atoms with Crippen LogP contribution in [0.4, 0.5) is 0 Å². The van der Waals surface area contributed by atoms with Crippen LogP contribution in [0.1, 0.15) is 38.5 Å². The minimum absolute atomic E-state index is 0.0152. The smallest absolute Gasteiger partial charge is 0.220 e. The zero-order valence-electron chi connectivity index (χ0n) is 8.54. The summed E-state index contributed by atoms with van der Waals surface area (Å²) in [5.41, 5.74) is 5.31. The quantitative estimate of drug-likeness (QED) is 0.604. The molecule has 0 aliphatic heterocycles. The molecule has 4 nitrogen and oxygen atoms in total. The van der Waals surface area contributed by atoms with Gasteiger partial charge in [0.25, 0.3) is 0 Å². The number of nitrogens with one attached hydrogen (secondary N) is 1. The van der Waals surface area contributed by atoms with Crippen LogP contribution >= 0.6 is 0 Å². The third-order valence-corrected chi connectivity index (χ3v) is 2.68. The fraction of sp³-hybridized carbons (Fsp3) is 0.900. The Morgan fingerprint density at radius 1 is 1.43 bits per heavy atom. The molecule has 0 spiro atoms. The van der Waals surface area contributed by atoms with E-state index in [1.807, 2.05) is 0 Å². The number of hydrogen-bond acceptors (Lipinski definition) is 3. The molecule has 0 aromatic rings. The van der Waals surface area contributed by atoms with Gasteiger partial charge < -0.3 is 16.2 Å². The summed E-state index contributed by atoms with van der Waals surface area (Å²) in [5, 5.41) is 12.5. The average molecular weight is 200 g/mol. The highest BCUT2D eigenvalue weighted by molar-refractivity contribution is 5.76. The maximum Gasteiger partial charge on any atom is 0.220 e. The van der Waals surface area contributed by atoms with Gasteiger partial charge in [-0.05, 0) is 25.8 Å². The number of carbonyl (C=O) groups is 1. The van der Waals surface area contributed by atoms with Crippen molar-refractivity contribution in [1.29, 1.82) is 0 Å². The van der Waals surface area contributed by atoms with Crippen LogP contribution in [0.15, 0.2) is 0 Å². The monoisotopic (exact) mass is 200 g/mol. The van der Waals surface area contributed by atoms with Gasteiger partial charge in [-0.1, -0.05) is 12.8 Å². The molecule has 0 radical (unpaired) electrons. The van der Waals surface area contributed by atoms with Crippen LogP contribution < -0.4 is 11.1 Å². The third kappa shape index (κ3) is 3.64. The van der Waals surface area contributed by atoms with E-state index >= 15 is 0 Å². The predicted octanol–water partition coefficient (Wildman–Crippen LogP) is 0.145. The second kappa shape index (κ2) is 5.98. The fourth-order valence-corrected chi connectivity index (χ4v) is 1.82. The molecular formula is C10H20N2O2. The van der Waals surface area contributed by atoms with Gasteiger partial charge in [0, 0.05) is 6.42 Å². The number of aliphatic hydroxyl groups excluding tert-OH is 1. The number of carbonyl (C=O) groups excluding carboxylic acids is 1. The highest BCUT2D eigenvalue weighted by Gasteiger charge is 2.23. The van der Waals surface area contributed by atoms with E-state index < -0.39 is 0 Å². The van der Waals surface area contributed by atoms with Gasteiger partial charge in [0.2, 0.25) is 5.91 Å². The molecule has 4 N–H and O–H groups in total. The third-order valence-electron chi connectivity index (χ3n) is 2.68. The van der Waals surface area contributed by atoms with Gasteiger partial charge in [-0.15, -0.1) is 0 Å². The lowest BCUT2D eigenvalue weighted by Gasteiger charge is -2.28. The standard InChI is InChI=1S/C10H20N2O2/c11-7-3-6-10(14)12-8-4-1-2-5-9(8)13/h8-9,13H,1-7,11H2,(H,12,14). The molecule has 0 heterocycles. The molecule has 1 fully saturated rings. The van der Waals surface area contributed by atoms with Gasteiger partial charge in [0.15, 0.2) is 0 Å². The van der Waals surface area contributed by atoms with Crippen molar-refractivity contribution >= 4 is 5.91 Å². The Labute approximate surface area is 84.9 Å². The second-order valence-corrected chi connectivity index (χ2v) is 3.92. The maximum absolute atomic E-state index is 11.3. The molecule has 1 aliphatic rings. The minimum Gasteiger partial charge on any atom is -0.391 e.